The second kappa shape index (κ2) is 4.77. The molecular weight excluding hydrogens is 188 g/mol. The van der Waals surface area contributed by atoms with Crippen LogP contribution in [0.4, 0.5) is 0 Å². The molecule has 0 aliphatic rings. The van der Waals surface area contributed by atoms with E-state index in [2.05, 4.69) is 6.58 Å². The summed E-state index contributed by atoms with van der Waals surface area (Å²) in [6.45, 7) is 3.97. The summed E-state index contributed by atoms with van der Waals surface area (Å²) in [5, 5.41) is 0.543. The van der Waals surface area contributed by atoms with Gasteiger partial charge < -0.3 is 9.47 Å². The molecule has 1 aromatic rings. The van der Waals surface area contributed by atoms with Crippen molar-refractivity contribution in [3.8, 4) is 11.5 Å². The van der Waals surface area contributed by atoms with Crippen molar-refractivity contribution < 1.29 is 9.47 Å². The highest BCUT2D eigenvalue weighted by Crippen LogP contribution is 2.34. The monoisotopic (exact) mass is 198 g/mol. The van der Waals surface area contributed by atoms with Crippen LogP contribution in [0.1, 0.15) is 0 Å². The van der Waals surface area contributed by atoms with Gasteiger partial charge in [-0.15, -0.1) is 0 Å². The van der Waals surface area contributed by atoms with Crippen LogP contribution in [0.15, 0.2) is 30.9 Å². The Hall–Kier alpha value is -1.15. The molecule has 0 aliphatic carbocycles. The van der Waals surface area contributed by atoms with E-state index in [-0.39, 0.29) is 0 Å². The van der Waals surface area contributed by atoms with Gasteiger partial charge in [-0.2, -0.15) is 0 Å². The minimum absolute atomic E-state index is 0.417. The summed E-state index contributed by atoms with van der Waals surface area (Å²) < 4.78 is 10.4. The van der Waals surface area contributed by atoms with Crippen LogP contribution < -0.4 is 9.47 Å². The third-order valence-corrected chi connectivity index (χ3v) is 1.79. The number of hydrogen-bond donors (Lipinski definition) is 0. The first-order chi connectivity index (χ1) is 6.29. The Labute approximate surface area is 82.7 Å². The minimum Gasteiger partial charge on any atom is -0.493 e. The van der Waals surface area contributed by atoms with Gasteiger partial charge in [0.15, 0.2) is 11.5 Å². The van der Waals surface area contributed by atoms with E-state index in [1.807, 2.05) is 6.07 Å². The van der Waals surface area contributed by atoms with Crippen LogP contribution in [0, 0.1) is 0 Å². The molecule has 0 spiro atoms. The van der Waals surface area contributed by atoms with Crippen LogP contribution in [0.5, 0.6) is 11.5 Å². The Bertz CT molecular complexity index is 297. The molecule has 0 heterocycles. The van der Waals surface area contributed by atoms with Crippen LogP contribution in [0.3, 0.4) is 0 Å². The van der Waals surface area contributed by atoms with E-state index in [0.29, 0.717) is 23.1 Å². The average Bonchev–Trinajstić information content (AvgIpc) is 2.15. The van der Waals surface area contributed by atoms with Crippen molar-refractivity contribution in [1.82, 2.24) is 0 Å². The molecule has 0 radical (unpaired) electrons. The largest absolute Gasteiger partial charge is 0.493 e. The molecule has 0 fully saturated rings. The molecular formula is C10H11ClO2. The molecule has 0 atom stereocenters. The van der Waals surface area contributed by atoms with Gasteiger partial charge >= 0.3 is 0 Å². The summed E-state index contributed by atoms with van der Waals surface area (Å²) in [7, 11) is 1.58. The molecule has 0 saturated heterocycles. The highest BCUT2D eigenvalue weighted by Gasteiger charge is 2.07. The zero-order valence-electron chi connectivity index (χ0n) is 7.42. The van der Waals surface area contributed by atoms with Crippen LogP contribution in [-0.4, -0.2) is 13.7 Å². The predicted molar refractivity (Wildman–Crippen MR) is 53.7 cm³/mol. The van der Waals surface area contributed by atoms with Crippen LogP contribution in [-0.2, 0) is 0 Å². The van der Waals surface area contributed by atoms with Gasteiger partial charge in [-0.3, -0.25) is 0 Å². The number of ether oxygens (including phenoxy) is 2. The molecule has 0 saturated carbocycles. The summed E-state index contributed by atoms with van der Waals surface area (Å²) in [5.74, 6) is 1.20. The minimum atomic E-state index is 0.417. The molecule has 3 heteroatoms. The van der Waals surface area contributed by atoms with Crippen molar-refractivity contribution in [3.63, 3.8) is 0 Å². The summed E-state index contributed by atoms with van der Waals surface area (Å²) in [6, 6.07) is 5.36. The van der Waals surface area contributed by atoms with Crippen molar-refractivity contribution in [2.75, 3.05) is 13.7 Å². The molecule has 1 aromatic carbocycles. The molecule has 0 unspecified atom stereocenters. The molecule has 2 nitrogen and oxygen atoms in total. The fraction of sp³-hybridized carbons (Fsp3) is 0.200. The summed E-state index contributed by atoms with van der Waals surface area (Å²) in [6.07, 6.45) is 1.66. The van der Waals surface area contributed by atoms with Gasteiger partial charge in [-0.1, -0.05) is 30.3 Å². The number of benzene rings is 1. The lowest BCUT2D eigenvalue weighted by Gasteiger charge is -2.09. The van der Waals surface area contributed by atoms with E-state index >= 15 is 0 Å². The van der Waals surface area contributed by atoms with Crippen molar-refractivity contribution >= 4 is 11.6 Å². The maximum absolute atomic E-state index is 5.90. The Balaban J connectivity index is 2.93. The highest BCUT2D eigenvalue weighted by molar-refractivity contribution is 6.32. The van der Waals surface area contributed by atoms with Crippen LogP contribution in [0.2, 0.25) is 5.02 Å². The predicted octanol–water partition coefficient (Wildman–Crippen LogP) is 2.91. The number of para-hydroxylation sites is 1. The van der Waals surface area contributed by atoms with Crippen molar-refractivity contribution in [3.05, 3.63) is 35.9 Å². The zero-order valence-corrected chi connectivity index (χ0v) is 8.17. The molecule has 0 bridgehead atoms. The maximum atomic E-state index is 5.90. The summed E-state index contributed by atoms with van der Waals surface area (Å²) in [4.78, 5) is 0. The van der Waals surface area contributed by atoms with E-state index in [0.717, 1.165) is 0 Å². The second-order valence-corrected chi connectivity index (χ2v) is 2.78. The molecule has 0 aromatic heterocycles. The van der Waals surface area contributed by atoms with Crippen LogP contribution >= 0.6 is 11.6 Å². The van der Waals surface area contributed by atoms with E-state index in [4.69, 9.17) is 21.1 Å². The fourth-order valence-corrected chi connectivity index (χ4v) is 1.15. The Morgan fingerprint density at radius 1 is 1.54 bits per heavy atom. The topological polar surface area (TPSA) is 18.5 Å². The second-order valence-electron chi connectivity index (χ2n) is 2.37. The Morgan fingerprint density at radius 3 is 2.92 bits per heavy atom. The lowest BCUT2D eigenvalue weighted by atomic mass is 10.3. The zero-order chi connectivity index (χ0) is 9.68. The van der Waals surface area contributed by atoms with Gasteiger partial charge in [-0.25, -0.2) is 0 Å². The molecule has 70 valence electrons. The standard InChI is InChI=1S/C10H11ClO2/c1-3-7-13-10-8(11)5-4-6-9(10)12-2/h3-6H,1,7H2,2H3. The van der Waals surface area contributed by atoms with Crippen molar-refractivity contribution in [2.45, 2.75) is 0 Å². The maximum Gasteiger partial charge on any atom is 0.180 e. The van der Waals surface area contributed by atoms with Gasteiger partial charge in [0, 0.05) is 0 Å². The Morgan fingerprint density at radius 2 is 2.31 bits per heavy atom. The molecule has 13 heavy (non-hydrogen) atoms. The average molecular weight is 199 g/mol. The smallest absolute Gasteiger partial charge is 0.180 e. The van der Waals surface area contributed by atoms with Gasteiger partial charge in [0.25, 0.3) is 0 Å². The summed E-state index contributed by atoms with van der Waals surface area (Å²) in [5.41, 5.74) is 0. The molecule has 0 aliphatic heterocycles. The van der Waals surface area contributed by atoms with E-state index < -0.39 is 0 Å². The quantitative estimate of drug-likeness (QED) is 0.693. The number of halogens is 1. The third kappa shape index (κ3) is 2.39. The lowest BCUT2D eigenvalue weighted by Crippen LogP contribution is -1.96. The van der Waals surface area contributed by atoms with E-state index in [9.17, 15) is 0 Å². The van der Waals surface area contributed by atoms with E-state index in [1.54, 1.807) is 25.3 Å². The first-order valence-corrected chi connectivity index (χ1v) is 4.23. The number of hydrogen-bond acceptors (Lipinski definition) is 2. The SMILES string of the molecule is C=CCOc1c(Cl)cccc1OC. The number of methoxy groups -OCH3 is 1. The lowest BCUT2D eigenvalue weighted by molar-refractivity contribution is 0.327. The van der Waals surface area contributed by atoms with Crippen molar-refractivity contribution in [2.24, 2.45) is 0 Å². The van der Waals surface area contributed by atoms with Gasteiger partial charge in [0.1, 0.15) is 6.61 Å². The normalized spacial score (nSPS) is 9.38. The number of rotatable bonds is 4. The van der Waals surface area contributed by atoms with Gasteiger partial charge in [0.2, 0.25) is 0 Å². The first kappa shape index (κ1) is 9.93. The summed E-state index contributed by atoms with van der Waals surface area (Å²) >= 11 is 5.90. The molecule has 0 amide bonds. The van der Waals surface area contributed by atoms with Gasteiger partial charge in [0.05, 0.1) is 12.1 Å². The Kier molecular flexibility index (Phi) is 3.65. The molecule has 1 rings (SSSR count). The van der Waals surface area contributed by atoms with Crippen LogP contribution in [0.25, 0.3) is 0 Å². The third-order valence-electron chi connectivity index (χ3n) is 1.50. The molecule has 0 N–H and O–H groups in total. The van der Waals surface area contributed by atoms with Gasteiger partial charge in [-0.05, 0) is 12.1 Å². The van der Waals surface area contributed by atoms with E-state index in [1.165, 1.54) is 0 Å². The fourth-order valence-electron chi connectivity index (χ4n) is 0.932. The first-order valence-electron chi connectivity index (χ1n) is 3.85. The highest BCUT2D eigenvalue weighted by atomic mass is 35.5. The van der Waals surface area contributed by atoms with Crippen molar-refractivity contribution in [1.29, 1.82) is 0 Å².